The number of nitrogens with zero attached hydrogens (tertiary/aromatic N) is 3. The summed E-state index contributed by atoms with van der Waals surface area (Å²) < 4.78 is 0. The SMILES string of the molecule is CCN(CC(=O)N1CCCCCC1)C(=O)c1cccc(C)n1. The van der Waals surface area contributed by atoms with Crippen LogP contribution in [0.15, 0.2) is 18.2 Å². The molecule has 0 radical (unpaired) electrons. The minimum absolute atomic E-state index is 0.0461. The van der Waals surface area contributed by atoms with E-state index in [9.17, 15) is 9.59 Å². The number of rotatable bonds is 4. The molecule has 0 saturated carbocycles. The normalized spacial score (nSPS) is 15.3. The van der Waals surface area contributed by atoms with Gasteiger partial charge in [-0.1, -0.05) is 18.9 Å². The van der Waals surface area contributed by atoms with Crippen molar-refractivity contribution in [2.75, 3.05) is 26.2 Å². The van der Waals surface area contributed by atoms with E-state index in [-0.39, 0.29) is 18.4 Å². The van der Waals surface area contributed by atoms with E-state index in [0.717, 1.165) is 31.6 Å². The van der Waals surface area contributed by atoms with Crippen LogP contribution in [0.5, 0.6) is 0 Å². The number of aromatic nitrogens is 1. The van der Waals surface area contributed by atoms with E-state index in [1.54, 1.807) is 11.0 Å². The van der Waals surface area contributed by atoms with Gasteiger partial charge in [0.2, 0.25) is 5.91 Å². The van der Waals surface area contributed by atoms with Gasteiger partial charge in [0.1, 0.15) is 12.2 Å². The third-order valence-electron chi connectivity index (χ3n) is 4.06. The van der Waals surface area contributed by atoms with Crippen LogP contribution in [0.4, 0.5) is 0 Å². The second kappa shape index (κ2) is 7.92. The van der Waals surface area contributed by atoms with Crippen LogP contribution >= 0.6 is 0 Å². The van der Waals surface area contributed by atoms with Crippen molar-refractivity contribution in [3.05, 3.63) is 29.6 Å². The zero-order valence-corrected chi connectivity index (χ0v) is 13.5. The Balaban J connectivity index is 2.01. The first kappa shape index (κ1) is 16.5. The fourth-order valence-corrected chi connectivity index (χ4v) is 2.73. The molecule has 2 rings (SSSR count). The lowest BCUT2D eigenvalue weighted by molar-refractivity contribution is -0.131. The summed E-state index contributed by atoms with van der Waals surface area (Å²) in [6, 6.07) is 5.38. The van der Waals surface area contributed by atoms with Crippen LogP contribution in [0.3, 0.4) is 0 Å². The quantitative estimate of drug-likeness (QED) is 0.857. The molecule has 22 heavy (non-hydrogen) atoms. The number of hydrogen-bond donors (Lipinski definition) is 0. The van der Waals surface area contributed by atoms with Crippen LogP contribution in [0, 0.1) is 6.92 Å². The largest absolute Gasteiger partial charge is 0.341 e. The molecular weight excluding hydrogens is 278 g/mol. The molecule has 5 nitrogen and oxygen atoms in total. The smallest absolute Gasteiger partial charge is 0.272 e. The van der Waals surface area contributed by atoms with E-state index >= 15 is 0 Å². The maximum atomic E-state index is 12.5. The Morgan fingerprint density at radius 2 is 1.86 bits per heavy atom. The van der Waals surface area contributed by atoms with Crippen molar-refractivity contribution >= 4 is 11.8 Å². The summed E-state index contributed by atoms with van der Waals surface area (Å²) in [6.07, 6.45) is 4.50. The van der Waals surface area contributed by atoms with E-state index in [1.807, 2.05) is 30.9 Å². The van der Waals surface area contributed by atoms with Gasteiger partial charge in [-0.05, 0) is 38.8 Å². The molecule has 0 aliphatic carbocycles. The van der Waals surface area contributed by atoms with Crippen LogP contribution in [0.1, 0.15) is 48.8 Å². The molecule has 0 aromatic carbocycles. The molecule has 120 valence electrons. The van der Waals surface area contributed by atoms with Crippen molar-refractivity contribution in [1.29, 1.82) is 0 Å². The van der Waals surface area contributed by atoms with Gasteiger partial charge in [-0.2, -0.15) is 0 Å². The molecule has 1 aromatic rings. The summed E-state index contributed by atoms with van der Waals surface area (Å²) in [5, 5.41) is 0. The highest BCUT2D eigenvalue weighted by Gasteiger charge is 2.22. The number of likely N-dealkylation sites (tertiary alicyclic amines) is 1. The molecule has 1 aliphatic rings. The van der Waals surface area contributed by atoms with Crippen LogP contribution < -0.4 is 0 Å². The van der Waals surface area contributed by atoms with Crippen molar-refractivity contribution in [1.82, 2.24) is 14.8 Å². The Morgan fingerprint density at radius 1 is 1.18 bits per heavy atom. The number of carbonyl (C=O) groups is 2. The van der Waals surface area contributed by atoms with Crippen LogP contribution in [0.2, 0.25) is 0 Å². The number of pyridine rings is 1. The highest BCUT2D eigenvalue weighted by molar-refractivity contribution is 5.95. The van der Waals surface area contributed by atoms with Crippen molar-refractivity contribution in [3.63, 3.8) is 0 Å². The summed E-state index contributed by atoms with van der Waals surface area (Å²) in [4.78, 5) is 32.7. The monoisotopic (exact) mass is 303 g/mol. The molecular formula is C17H25N3O2. The number of carbonyl (C=O) groups excluding carboxylic acids is 2. The molecule has 0 N–H and O–H groups in total. The molecule has 2 amide bonds. The maximum Gasteiger partial charge on any atom is 0.272 e. The van der Waals surface area contributed by atoms with Gasteiger partial charge in [0.25, 0.3) is 5.91 Å². The Kier molecular flexibility index (Phi) is 5.92. The minimum Gasteiger partial charge on any atom is -0.341 e. The van der Waals surface area contributed by atoms with Crippen molar-refractivity contribution in [2.45, 2.75) is 39.5 Å². The van der Waals surface area contributed by atoms with Crippen LogP contribution in [0.25, 0.3) is 0 Å². The lowest BCUT2D eigenvalue weighted by Gasteiger charge is -2.25. The van der Waals surface area contributed by atoms with E-state index in [2.05, 4.69) is 4.98 Å². The molecule has 2 heterocycles. The summed E-state index contributed by atoms with van der Waals surface area (Å²) in [5.74, 6) is -0.126. The van der Waals surface area contributed by atoms with E-state index in [4.69, 9.17) is 0 Å². The molecule has 0 atom stereocenters. The van der Waals surface area contributed by atoms with Gasteiger partial charge < -0.3 is 9.80 Å². The predicted molar refractivity (Wildman–Crippen MR) is 85.6 cm³/mol. The lowest BCUT2D eigenvalue weighted by atomic mass is 10.2. The Bertz CT molecular complexity index is 522. The van der Waals surface area contributed by atoms with Gasteiger partial charge in [0.05, 0.1) is 0 Å². The van der Waals surface area contributed by atoms with E-state index in [1.165, 1.54) is 12.8 Å². The Hall–Kier alpha value is -1.91. The minimum atomic E-state index is -0.172. The molecule has 1 aliphatic heterocycles. The topological polar surface area (TPSA) is 53.5 Å². The number of hydrogen-bond acceptors (Lipinski definition) is 3. The van der Waals surface area contributed by atoms with Gasteiger partial charge >= 0.3 is 0 Å². The zero-order valence-electron chi connectivity index (χ0n) is 13.5. The average molecular weight is 303 g/mol. The summed E-state index contributed by atoms with van der Waals surface area (Å²) in [6.45, 7) is 6.03. The van der Waals surface area contributed by atoms with Crippen LogP contribution in [-0.2, 0) is 4.79 Å². The molecule has 0 bridgehead atoms. The summed E-state index contributed by atoms with van der Waals surface area (Å²) in [5.41, 5.74) is 1.21. The van der Waals surface area contributed by atoms with E-state index in [0.29, 0.717) is 12.2 Å². The number of likely N-dealkylation sites (N-methyl/N-ethyl adjacent to an activating group) is 1. The molecule has 1 aromatic heterocycles. The summed E-state index contributed by atoms with van der Waals surface area (Å²) in [7, 11) is 0. The average Bonchev–Trinajstić information content (AvgIpc) is 2.81. The lowest BCUT2D eigenvalue weighted by Crippen LogP contribution is -2.43. The van der Waals surface area contributed by atoms with Gasteiger partial charge in [-0.25, -0.2) is 4.98 Å². The molecule has 1 fully saturated rings. The van der Waals surface area contributed by atoms with Crippen molar-refractivity contribution < 1.29 is 9.59 Å². The van der Waals surface area contributed by atoms with Gasteiger partial charge in [0, 0.05) is 25.3 Å². The Morgan fingerprint density at radius 3 is 2.45 bits per heavy atom. The first-order chi connectivity index (χ1) is 10.6. The van der Waals surface area contributed by atoms with E-state index < -0.39 is 0 Å². The second-order valence-electron chi connectivity index (χ2n) is 5.78. The third-order valence-corrected chi connectivity index (χ3v) is 4.06. The number of aryl methyl sites for hydroxylation is 1. The fourth-order valence-electron chi connectivity index (χ4n) is 2.73. The fraction of sp³-hybridized carbons (Fsp3) is 0.588. The number of amides is 2. The first-order valence-electron chi connectivity index (χ1n) is 8.12. The summed E-state index contributed by atoms with van der Waals surface area (Å²) >= 11 is 0. The highest BCUT2D eigenvalue weighted by Crippen LogP contribution is 2.11. The van der Waals surface area contributed by atoms with Gasteiger partial charge in [-0.15, -0.1) is 0 Å². The molecule has 5 heteroatoms. The maximum absolute atomic E-state index is 12.5. The first-order valence-corrected chi connectivity index (χ1v) is 8.12. The van der Waals surface area contributed by atoms with Crippen molar-refractivity contribution in [3.8, 4) is 0 Å². The second-order valence-corrected chi connectivity index (χ2v) is 5.78. The third kappa shape index (κ3) is 4.29. The standard InChI is InChI=1S/C17H25N3O2/c1-3-19(17(22)15-10-8-9-14(2)18-15)13-16(21)20-11-6-4-5-7-12-20/h8-10H,3-7,11-13H2,1-2H3. The van der Waals surface area contributed by atoms with Crippen molar-refractivity contribution in [2.24, 2.45) is 0 Å². The highest BCUT2D eigenvalue weighted by atomic mass is 16.2. The van der Waals surface area contributed by atoms with Gasteiger partial charge in [-0.3, -0.25) is 9.59 Å². The molecule has 1 saturated heterocycles. The van der Waals surface area contributed by atoms with Gasteiger partial charge in [0.15, 0.2) is 0 Å². The predicted octanol–water partition coefficient (Wildman–Crippen LogP) is 2.25. The molecule has 0 spiro atoms. The Labute approximate surface area is 132 Å². The molecule has 0 unspecified atom stereocenters. The van der Waals surface area contributed by atoms with Crippen LogP contribution in [-0.4, -0.2) is 52.8 Å². The zero-order chi connectivity index (χ0) is 15.9.